The largest absolute Gasteiger partial charge is 0.497 e. The van der Waals surface area contributed by atoms with E-state index in [1.807, 2.05) is 31.2 Å². The molecule has 2 heterocycles. The number of benzene rings is 1. The van der Waals surface area contributed by atoms with Crippen molar-refractivity contribution in [1.82, 2.24) is 9.80 Å². The monoisotopic (exact) mass is 342 g/mol. The van der Waals surface area contributed by atoms with Crippen LogP contribution >= 0.6 is 0 Å². The van der Waals surface area contributed by atoms with Gasteiger partial charge in [-0.1, -0.05) is 26.0 Å². The molecule has 0 atom stereocenters. The van der Waals surface area contributed by atoms with Crippen LogP contribution in [0, 0.1) is 5.92 Å². The molecule has 0 aromatic heterocycles. The topological polar surface area (TPSA) is 49.9 Å². The lowest BCUT2D eigenvalue weighted by atomic mass is 9.97. The second-order valence-electron chi connectivity index (χ2n) is 6.88. The molecule has 1 aromatic carbocycles. The van der Waals surface area contributed by atoms with Gasteiger partial charge in [0.25, 0.3) is 11.8 Å². The summed E-state index contributed by atoms with van der Waals surface area (Å²) in [6.07, 6.45) is 2.86. The zero-order valence-corrected chi connectivity index (χ0v) is 15.2. The number of carbonyl (C=O) groups excluding carboxylic acids is 2. The number of methoxy groups -OCH3 is 1. The Morgan fingerprint density at radius 1 is 1.08 bits per heavy atom. The molecule has 0 spiro atoms. The van der Waals surface area contributed by atoms with Gasteiger partial charge in [0.1, 0.15) is 11.4 Å². The van der Waals surface area contributed by atoms with Crippen LogP contribution in [0.3, 0.4) is 0 Å². The minimum absolute atomic E-state index is 0.146. The molecule has 1 fully saturated rings. The van der Waals surface area contributed by atoms with Crippen molar-refractivity contribution in [2.24, 2.45) is 5.92 Å². The Bertz CT molecular complexity index is 685. The summed E-state index contributed by atoms with van der Waals surface area (Å²) in [6.45, 7) is 6.34. The van der Waals surface area contributed by atoms with Gasteiger partial charge in [-0.25, -0.2) is 0 Å². The van der Waals surface area contributed by atoms with E-state index in [1.54, 1.807) is 7.11 Å². The molecular weight excluding hydrogens is 316 g/mol. The lowest BCUT2D eigenvalue weighted by Gasteiger charge is -2.32. The van der Waals surface area contributed by atoms with E-state index in [1.165, 1.54) is 4.90 Å². The molecule has 1 aromatic rings. The molecule has 25 heavy (non-hydrogen) atoms. The fourth-order valence-corrected chi connectivity index (χ4v) is 3.53. The van der Waals surface area contributed by atoms with E-state index >= 15 is 0 Å². The molecule has 0 radical (unpaired) electrons. The van der Waals surface area contributed by atoms with E-state index in [2.05, 4.69) is 11.8 Å². The number of hydrogen-bond donors (Lipinski definition) is 0. The molecular formula is C20H26N2O3. The number of ether oxygens (including phenoxy) is 1. The zero-order valence-electron chi connectivity index (χ0n) is 15.2. The number of imide groups is 1. The highest BCUT2D eigenvalue weighted by atomic mass is 16.5. The summed E-state index contributed by atoms with van der Waals surface area (Å²) in [5.41, 5.74) is 1.90. The van der Waals surface area contributed by atoms with Crippen molar-refractivity contribution in [3.63, 3.8) is 0 Å². The Hall–Kier alpha value is -2.30. The van der Waals surface area contributed by atoms with E-state index in [0.29, 0.717) is 23.7 Å². The van der Waals surface area contributed by atoms with E-state index in [-0.39, 0.29) is 11.8 Å². The van der Waals surface area contributed by atoms with E-state index in [9.17, 15) is 9.59 Å². The highest BCUT2D eigenvalue weighted by Gasteiger charge is 2.41. The summed E-state index contributed by atoms with van der Waals surface area (Å²) in [4.78, 5) is 29.4. The number of rotatable bonds is 5. The van der Waals surface area contributed by atoms with Crippen molar-refractivity contribution in [1.29, 1.82) is 0 Å². The first-order valence-electron chi connectivity index (χ1n) is 9.06. The van der Waals surface area contributed by atoms with Crippen molar-refractivity contribution in [3.05, 3.63) is 35.5 Å². The fraction of sp³-hybridized carbons (Fsp3) is 0.500. The van der Waals surface area contributed by atoms with E-state index in [4.69, 9.17) is 4.74 Å². The van der Waals surface area contributed by atoms with Crippen LogP contribution in [-0.4, -0.2) is 48.4 Å². The van der Waals surface area contributed by atoms with E-state index < -0.39 is 0 Å². The maximum absolute atomic E-state index is 13.0. The third-order valence-electron chi connectivity index (χ3n) is 5.07. The molecule has 134 valence electrons. The van der Waals surface area contributed by atoms with Crippen molar-refractivity contribution < 1.29 is 14.3 Å². The second-order valence-corrected chi connectivity index (χ2v) is 6.88. The first kappa shape index (κ1) is 17.5. The molecule has 0 bridgehead atoms. The van der Waals surface area contributed by atoms with Crippen molar-refractivity contribution >= 4 is 17.4 Å². The average molecular weight is 342 g/mol. The number of hydrogen-bond acceptors (Lipinski definition) is 4. The maximum Gasteiger partial charge on any atom is 0.277 e. The van der Waals surface area contributed by atoms with Gasteiger partial charge in [-0.15, -0.1) is 0 Å². The SMILES string of the molecule is CCCN1C(=O)C(c2ccc(OC)cc2)=C(N2CCC(C)CC2)C1=O. The molecule has 2 aliphatic rings. The van der Waals surface area contributed by atoms with Crippen LogP contribution in [-0.2, 0) is 9.59 Å². The van der Waals surface area contributed by atoms with Gasteiger partial charge in [0, 0.05) is 19.6 Å². The van der Waals surface area contributed by atoms with Crippen molar-refractivity contribution in [3.8, 4) is 5.75 Å². The Morgan fingerprint density at radius 2 is 1.72 bits per heavy atom. The van der Waals surface area contributed by atoms with Gasteiger partial charge in [0.15, 0.2) is 0 Å². The van der Waals surface area contributed by atoms with Crippen molar-refractivity contribution in [2.45, 2.75) is 33.1 Å². The first-order chi connectivity index (χ1) is 12.1. The lowest BCUT2D eigenvalue weighted by Crippen LogP contribution is -2.38. The zero-order chi connectivity index (χ0) is 18.0. The quantitative estimate of drug-likeness (QED) is 0.772. The van der Waals surface area contributed by atoms with Gasteiger partial charge in [0.2, 0.25) is 0 Å². The molecule has 1 saturated heterocycles. The predicted octanol–water partition coefficient (Wildman–Crippen LogP) is 2.92. The number of amides is 2. The minimum atomic E-state index is -0.175. The fourth-order valence-electron chi connectivity index (χ4n) is 3.53. The van der Waals surface area contributed by atoms with Crippen LogP contribution in [0.25, 0.3) is 5.57 Å². The number of likely N-dealkylation sites (tertiary alicyclic amines) is 1. The molecule has 0 saturated carbocycles. The summed E-state index contributed by atoms with van der Waals surface area (Å²) in [7, 11) is 1.61. The molecule has 5 heteroatoms. The summed E-state index contributed by atoms with van der Waals surface area (Å²) < 4.78 is 5.21. The summed E-state index contributed by atoms with van der Waals surface area (Å²) in [5.74, 6) is 1.08. The molecule has 0 N–H and O–H groups in total. The summed E-state index contributed by atoms with van der Waals surface area (Å²) in [6, 6.07) is 7.39. The summed E-state index contributed by atoms with van der Waals surface area (Å²) in [5, 5.41) is 0. The van der Waals surface area contributed by atoms with Crippen LogP contribution < -0.4 is 4.74 Å². The molecule has 3 rings (SSSR count). The molecule has 5 nitrogen and oxygen atoms in total. The van der Waals surface area contributed by atoms with Crippen LogP contribution in [0.4, 0.5) is 0 Å². The Balaban J connectivity index is 2.02. The molecule has 0 aliphatic carbocycles. The Morgan fingerprint density at radius 3 is 2.28 bits per heavy atom. The van der Waals surface area contributed by atoms with Gasteiger partial charge >= 0.3 is 0 Å². The normalized spacial score (nSPS) is 19.2. The number of carbonyl (C=O) groups is 2. The Kier molecular flexibility index (Phi) is 5.11. The minimum Gasteiger partial charge on any atom is -0.497 e. The van der Waals surface area contributed by atoms with E-state index in [0.717, 1.165) is 43.7 Å². The van der Waals surface area contributed by atoms with Crippen LogP contribution in [0.15, 0.2) is 30.0 Å². The summed E-state index contributed by atoms with van der Waals surface area (Å²) >= 11 is 0. The van der Waals surface area contributed by atoms with Gasteiger partial charge < -0.3 is 9.64 Å². The Labute approximate surface area is 149 Å². The number of nitrogens with zero attached hydrogens (tertiary/aromatic N) is 2. The predicted molar refractivity (Wildman–Crippen MR) is 96.9 cm³/mol. The highest BCUT2D eigenvalue weighted by Crippen LogP contribution is 2.34. The molecule has 2 aliphatic heterocycles. The van der Waals surface area contributed by atoms with Gasteiger partial charge in [-0.05, 0) is 42.9 Å². The number of piperidine rings is 1. The third kappa shape index (κ3) is 3.28. The maximum atomic E-state index is 13.0. The standard InChI is InChI=1S/C20H26N2O3/c1-4-11-22-19(23)17(15-5-7-16(25-3)8-6-15)18(20(22)24)21-12-9-14(2)10-13-21/h5-8,14H,4,9-13H2,1-3H3. The van der Waals surface area contributed by atoms with Crippen molar-refractivity contribution in [2.75, 3.05) is 26.7 Å². The van der Waals surface area contributed by atoms with Crippen LogP contribution in [0.5, 0.6) is 5.75 Å². The van der Waals surface area contributed by atoms with Crippen LogP contribution in [0.2, 0.25) is 0 Å². The lowest BCUT2D eigenvalue weighted by molar-refractivity contribution is -0.137. The van der Waals surface area contributed by atoms with Crippen LogP contribution in [0.1, 0.15) is 38.7 Å². The van der Waals surface area contributed by atoms with Gasteiger partial charge in [0.05, 0.1) is 12.7 Å². The second kappa shape index (κ2) is 7.30. The van der Waals surface area contributed by atoms with Gasteiger partial charge in [-0.3, -0.25) is 14.5 Å². The smallest absolute Gasteiger partial charge is 0.277 e. The van der Waals surface area contributed by atoms with Gasteiger partial charge in [-0.2, -0.15) is 0 Å². The molecule has 2 amide bonds. The highest BCUT2D eigenvalue weighted by molar-refractivity contribution is 6.35. The molecule has 0 unspecified atom stereocenters. The first-order valence-corrected chi connectivity index (χ1v) is 9.06. The third-order valence-corrected chi connectivity index (χ3v) is 5.07. The average Bonchev–Trinajstić information content (AvgIpc) is 2.87.